The van der Waals surface area contributed by atoms with Crippen LogP contribution in [0.3, 0.4) is 0 Å². The van der Waals surface area contributed by atoms with Gasteiger partial charge >= 0.3 is 0 Å². The topological polar surface area (TPSA) is 9.23 Å². The van der Waals surface area contributed by atoms with Crippen LogP contribution in [0.5, 0.6) is 5.75 Å². The molecule has 0 unspecified atom stereocenters. The van der Waals surface area contributed by atoms with Gasteiger partial charge in [0.05, 0.1) is 6.61 Å². The normalized spacial score (nSPS) is 9.92. The molecule has 1 rings (SSSR count). The van der Waals surface area contributed by atoms with Gasteiger partial charge in [0.1, 0.15) is 0 Å². The first-order chi connectivity index (χ1) is 5.74. The van der Waals surface area contributed by atoms with E-state index >= 15 is 0 Å². The van der Waals surface area contributed by atoms with E-state index in [0.717, 1.165) is 12.0 Å². The van der Waals surface area contributed by atoms with Crippen LogP contribution >= 0.6 is 0 Å². The van der Waals surface area contributed by atoms with Gasteiger partial charge in [0.25, 0.3) is 0 Å². The lowest BCUT2D eigenvalue weighted by Gasteiger charge is -2.05. The van der Waals surface area contributed by atoms with E-state index in [9.17, 15) is 4.39 Å². The molecule has 0 aromatic heterocycles. The highest BCUT2D eigenvalue weighted by molar-refractivity contribution is 5.28. The summed E-state index contributed by atoms with van der Waals surface area (Å²) in [7, 11) is 0. The fourth-order valence-electron chi connectivity index (χ4n) is 0.935. The molecule has 66 valence electrons. The third-order valence-corrected chi connectivity index (χ3v) is 1.55. The second-order valence-electron chi connectivity index (χ2n) is 2.78. The van der Waals surface area contributed by atoms with Gasteiger partial charge in [0.15, 0.2) is 11.6 Å². The monoisotopic (exact) mass is 168 g/mol. The molecule has 0 saturated carbocycles. The molecule has 0 fully saturated rings. The summed E-state index contributed by atoms with van der Waals surface area (Å²) in [6.07, 6.45) is 0.896. The lowest BCUT2D eigenvalue weighted by molar-refractivity contribution is 0.301. The molecule has 0 aliphatic carbocycles. The molecule has 0 amide bonds. The van der Waals surface area contributed by atoms with Crippen molar-refractivity contribution in [1.82, 2.24) is 0 Å². The van der Waals surface area contributed by atoms with Crippen molar-refractivity contribution in [2.24, 2.45) is 0 Å². The Morgan fingerprint density at radius 2 is 2.17 bits per heavy atom. The van der Waals surface area contributed by atoms with E-state index in [1.165, 1.54) is 6.07 Å². The second-order valence-corrected chi connectivity index (χ2v) is 2.78. The van der Waals surface area contributed by atoms with E-state index in [0.29, 0.717) is 12.4 Å². The van der Waals surface area contributed by atoms with Crippen molar-refractivity contribution >= 4 is 0 Å². The highest BCUT2D eigenvalue weighted by atomic mass is 19.1. The summed E-state index contributed by atoms with van der Waals surface area (Å²) in [5.74, 6) is 0.0749. The van der Waals surface area contributed by atoms with Gasteiger partial charge in [-0.1, -0.05) is 13.0 Å². The first-order valence-corrected chi connectivity index (χ1v) is 4.13. The maximum atomic E-state index is 13.0. The van der Waals surface area contributed by atoms with Crippen LogP contribution < -0.4 is 4.74 Å². The summed E-state index contributed by atoms with van der Waals surface area (Å²) in [5, 5.41) is 0. The first-order valence-electron chi connectivity index (χ1n) is 4.13. The zero-order chi connectivity index (χ0) is 8.97. The molecule has 0 spiro atoms. The van der Waals surface area contributed by atoms with Gasteiger partial charge in [-0.3, -0.25) is 0 Å². The number of benzene rings is 1. The van der Waals surface area contributed by atoms with Crippen LogP contribution in [0, 0.1) is 12.7 Å². The molecular formula is C10H13FO. The van der Waals surface area contributed by atoms with Crippen LogP contribution in [0.2, 0.25) is 0 Å². The fraction of sp³-hybridized carbons (Fsp3) is 0.400. The van der Waals surface area contributed by atoms with Crippen LogP contribution in [0.4, 0.5) is 4.39 Å². The van der Waals surface area contributed by atoms with Crippen LogP contribution in [-0.4, -0.2) is 6.61 Å². The van der Waals surface area contributed by atoms with E-state index in [4.69, 9.17) is 4.74 Å². The largest absolute Gasteiger partial charge is 0.491 e. The highest BCUT2D eigenvalue weighted by Crippen LogP contribution is 2.17. The first kappa shape index (κ1) is 9.04. The van der Waals surface area contributed by atoms with Crippen molar-refractivity contribution in [3.8, 4) is 5.75 Å². The molecule has 0 radical (unpaired) electrons. The number of ether oxygens (including phenoxy) is 1. The van der Waals surface area contributed by atoms with Crippen LogP contribution in [0.15, 0.2) is 18.2 Å². The number of rotatable bonds is 3. The zero-order valence-electron chi connectivity index (χ0n) is 7.43. The highest BCUT2D eigenvalue weighted by Gasteiger charge is 2.01. The summed E-state index contributed by atoms with van der Waals surface area (Å²) >= 11 is 0. The molecule has 12 heavy (non-hydrogen) atoms. The smallest absolute Gasteiger partial charge is 0.165 e. The Bertz CT molecular complexity index is 258. The van der Waals surface area contributed by atoms with Gasteiger partial charge < -0.3 is 4.74 Å². The Balaban J connectivity index is 2.72. The molecule has 0 atom stereocenters. The minimum absolute atomic E-state index is 0.275. The van der Waals surface area contributed by atoms with Crippen molar-refractivity contribution in [2.45, 2.75) is 20.3 Å². The molecule has 0 aliphatic heterocycles. The Kier molecular flexibility index (Phi) is 3.09. The predicted molar refractivity (Wildman–Crippen MR) is 46.9 cm³/mol. The maximum Gasteiger partial charge on any atom is 0.165 e. The van der Waals surface area contributed by atoms with Crippen molar-refractivity contribution in [2.75, 3.05) is 6.61 Å². The van der Waals surface area contributed by atoms with Crippen LogP contribution in [0.1, 0.15) is 18.9 Å². The summed E-state index contributed by atoms with van der Waals surface area (Å²) < 4.78 is 18.2. The standard InChI is InChI=1S/C10H13FO/c1-3-6-12-10-5-4-8(2)7-9(10)11/h4-5,7H,3,6H2,1-2H3. The molecular weight excluding hydrogens is 155 g/mol. The van der Waals surface area contributed by atoms with Crippen LogP contribution in [0.25, 0.3) is 0 Å². The number of aryl methyl sites for hydroxylation is 1. The van der Waals surface area contributed by atoms with Gasteiger partial charge in [-0.05, 0) is 31.0 Å². The maximum absolute atomic E-state index is 13.0. The van der Waals surface area contributed by atoms with Crippen molar-refractivity contribution in [3.05, 3.63) is 29.6 Å². The van der Waals surface area contributed by atoms with Crippen LogP contribution in [-0.2, 0) is 0 Å². The van der Waals surface area contributed by atoms with Gasteiger partial charge in [-0.15, -0.1) is 0 Å². The van der Waals surface area contributed by atoms with Gasteiger partial charge in [-0.2, -0.15) is 0 Å². The fourth-order valence-corrected chi connectivity index (χ4v) is 0.935. The third-order valence-electron chi connectivity index (χ3n) is 1.55. The molecule has 2 heteroatoms. The van der Waals surface area contributed by atoms with Gasteiger partial charge in [0.2, 0.25) is 0 Å². The Hall–Kier alpha value is -1.05. The molecule has 0 aliphatic rings. The van der Waals surface area contributed by atoms with E-state index < -0.39 is 0 Å². The molecule has 1 aromatic rings. The van der Waals surface area contributed by atoms with Gasteiger partial charge in [-0.25, -0.2) is 4.39 Å². The quantitative estimate of drug-likeness (QED) is 0.674. The minimum atomic E-state index is -0.275. The minimum Gasteiger partial charge on any atom is -0.491 e. The summed E-state index contributed by atoms with van der Waals surface area (Å²) in [6.45, 7) is 4.42. The van der Waals surface area contributed by atoms with E-state index in [-0.39, 0.29) is 5.82 Å². The average Bonchev–Trinajstić information content (AvgIpc) is 2.03. The lowest BCUT2D eigenvalue weighted by atomic mass is 10.2. The van der Waals surface area contributed by atoms with Crippen molar-refractivity contribution in [3.63, 3.8) is 0 Å². The SMILES string of the molecule is CCCOc1ccc(C)cc1F. The molecule has 0 bridgehead atoms. The number of halogens is 1. The Labute approximate surface area is 72.2 Å². The third kappa shape index (κ3) is 2.22. The van der Waals surface area contributed by atoms with E-state index in [1.807, 2.05) is 19.9 Å². The zero-order valence-corrected chi connectivity index (χ0v) is 7.43. The Morgan fingerprint density at radius 3 is 2.75 bits per heavy atom. The lowest BCUT2D eigenvalue weighted by Crippen LogP contribution is -1.97. The summed E-state index contributed by atoms with van der Waals surface area (Å²) in [4.78, 5) is 0. The van der Waals surface area contributed by atoms with Gasteiger partial charge in [0, 0.05) is 0 Å². The summed E-state index contributed by atoms with van der Waals surface area (Å²) in [5.41, 5.74) is 0.913. The average molecular weight is 168 g/mol. The Morgan fingerprint density at radius 1 is 1.42 bits per heavy atom. The molecule has 0 N–H and O–H groups in total. The van der Waals surface area contributed by atoms with Crippen molar-refractivity contribution < 1.29 is 9.13 Å². The molecule has 0 saturated heterocycles. The van der Waals surface area contributed by atoms with E-state index in [2.05, 4.69) is 0 Å². The van der Waals surface area contributed by atoms with Crippen molar-refractivity contribution in [1.29, 1.82) is 0 Å². The molecule has 1 nitrogen and oxygen atoms in total. The molecule has 1 aromatic carbocycles. The summed E-state index contributed by atoms with van der Waals surface area (Å²) in [6, 6.07) is 4.99. The second kappa shape index (κ2) is 4.10. The number of hydrogen-bond donors (Lipinski definition) is 0. The van der Waals surface area contributed by atoms with E-state index in [1.54, 1.807) is 6.07 Å². The predicted octanol–water partition coefficient (Wildman–Crippen LogP) is 2.92. The number of hydrogen-bond acceptors (Lipinski definition) is 1. The molecule has 0 heterocycles.